The van der Waals surface area contributed by atoms with Crippen LogP contribution < -0.4 is 4.74 Å². The number of rotatable bonds is 8. The van der Waals surface area contributed by atoms with Crippen molar-refractivity contribution in [3.63, 3.8) is 0 Å². The maximum absolute atomic E-state index is 10.6. The Balaban J connectivity index is 0.00000288. The summed E-state index contributed by atoms with van der Waals surface area (Å²) in [5, 5.41) is 10.6. The molecule has 6 heteroatoms. The van der Waals surface area contributed by atoms with Crippen molar-refractivity contribution in [2.75, 3.05) is 26.7 Å². The predicted octanol–water partition coefficient (Wildman–Crippen LogP) is 3.88. The number of likely N-dealkylation sites (N-methyl/N-ethyl adjacent to an activating group) is 1. The lowest BCUT2D eigenvalue weighted by Gasteiger charge is -2.17. The number of aryl methyl sites for hydroxylation is 1. The van der Waals surface area contributed by atoms with Gasteiger partial charge in [0.2, 0.25) is 0 Å². The number of hydrogen-bond donors (Lipinski definition) is 0. The van der Waals surface area contributed by atoms with E-state index in [1.165, 1.54) is 0 Å². The molecule has 0 fully saturated rings. The van der Waals surface area contributed by atoms with Crippen LogP contribution in [0.2, 0.25) is 0 Å². The number of hydrogen-bond acceptors (Lipinski definition) is 4. The molecule has 0 aromatic heterocycles. The first-order valence-electron chi connectivity index (χ1n) is 7.66. The van der Waals surface area contributed by atoms with Crippen LogP contribution in [0.4, 0.5) is 5.69 Å². The molecule has 5 nitrogen and oxygen atoms in total. The van der Waals surface area contributed by atoms with Crippen LogP contribution in [0.15, 0.2) is 48.5 Å². The molecule has 0 heterocycles. The van der Waals surface area contributed by atoms with Gasteiger partial charge in [0.05, 0.1) is 4.92 Å². The van der Waals surface area contributed by atoms with Gasteiger partial charge in [0.15, 0.2) is 0 Å². The van der Waals surface area contributed by atoms with E-state index in [2.05, 4.69) is 4.90 Å². The third kappa shape index (κ3) is 6.18. The summed E-state index contributed by atoms with van der Waals surface area (Å²) in [4.78, 5) is 12.4. The summed E-state index contributed by atoms with van der Waals surface area (Å²) in [6.07, 6.45) is 0.860. The van der Waals surface area contributed by atoms with E-state index in [9.17, 15) is 10.1 Å². The Labute approximate surface area is 148 Å². The molecule has 0 aliphatic heterocycles. The first kappa shape index (κ1) is 19.9. The van der Waals surface area contributed by atoms with E-state index in [4.69, 9.17) is 4.74 Å². The standard InChI is InChI=1S/C18H22N2O3.ClH/c1-15-5-3-4-6-18(15)23-14-13-19(2)12-11-16-7-9-17(10-8-16)20(21)22;/h3-10H,11-14H2,1-2H3;1H. The van der Waals surface area contributed by atoms with Gasteiger partial charge in [0.25, 0.3) is 5.69 Å². The molecule has 0 aliphatic rings. The van der Waals surface area contributed by atoms with Gasteiger partial charge in [-0.15, -0.1) is 12.4 Å². The normalized spacial score (nSPS) is 10.3. The topological polar surface area (TPSA) is 55.6 Å². The van der Waals surface area contributed by atoms with Gasteiger partial charge < -0.3 is 9.64 Å². The van der Waals surface area contributed by atoms with Gasteiger partial charge >= 0.3 is 0 Å². The van der Waals surface area contributed by atoms with Crippen molar-refractivity contribution in [1.29, 1.82) is 0 Å². The Morgan fingerprint density at radius 3 is 2.38 bits per heavy atom. The fraction of sp³-hybridized carbons (Fsp3) is 0.333. The number of ether oxygens (including phenoxy) is 1. The maximum Gasteiger partial charge on any atom is 0.269 e. The predicted molar refractivity (Wildman–Crippen MR) is 98.2 cm³/mol. The van der Waals surface area contributed by atoms with Crippen molar-refractivity contribution in [2.45, 2.75) is 13.3 Å². The Morgan fingerprint density at radius 2 is 1.75 bits per heavy atom. The molecular formula is C18H23ClN2O3. The van der Waals surface area contributed by atoms with Gasteiger partial charge in [0, 0.05) is 25.2 Å². The smallest absolute Gasteiger partial charge is 0.269 e. The zero-order valence-corrected chi connectivity index (χ0v) is 14.8. The molecule has 0 atom stereocenters. The van der Waals surface area contributed by atoms with Crippen molar-refractivity contribution >= 4 is 18.1 Å². The lowest BCUT2D eigenvalue weighted by molar-refractivity contribution is -0.384. The van der Waals surface area contributed by atoms with E-state index in [0.717, 1.165) is 36.4 Å². The van der Waals surface area contributed by atoms with E-state index in [1.807, 2.05) is 50.4 Å². The van der Waals surface area contributed by atoms with E-state index in [1.54, 1.807) is 12.1 Å². The Morgan fingerprint density at radius 1 is 1.08 bits per heavy atom. The second kappa shape index (κ2) is 9.90. The molecule has 24 heavy (non-hydrogen) atoms. The van der Waals surface area contributed by atoms with Gasteiger partial charge in [-0.3, -0.25) is 10.1 Å². The van der Waals surface area contributed by atoms with E-state index in [-0.39, 0.29) is 23.0 Å². The van der Waals surface area contributed by atoms with Gasteiger partial charge in [-0.1, -0.05) is 30.3 Å². The van der Waals surface area contributed by atoms with Crippen LogP contribution in [0, 0.1) is 17.0 Å². The first-order chi connectivity index (χ1) is 11.1. The van der Waals surface area contributed by atoms with Crippen molar-refractivity contribution < 1.29 is 9.66 Å². The Kier molecular flexibility index (Phi) is 8.22. The molecule has 0 N–H and O–H groups in total. The minimum Gasteiger partial charge on any atom is -0.492 e. The highest BCUT2D eigenvalue weighted by Crippen LogP contribution is 2.16. The highest BCUT2D eigenvalue weighted by molar-refractivity contribution is 5.85. The zero-order valence-electron chi connectivity index (χ0n) is 14.0. The molecule has 0 saturated heterocycles. The van der Waals surface area contributed by atoms with Gasteiger partial charge in [0.1, 0.15) is 12.4 Å². The summed E-state index contributed by atoms with van der Waals surface area (Å²) in [5.74, 6) is 0.927. The number of nitrogens with zero attached hydrogens (tertiary/aromatic N) is 2. The summed E-state index contributed by atoms with van der Waals surface area (Å²) in [6.45, 7) is 4.39. The molecule has 2 rings (SSSR count). The average Bonchev–Trinajstić information content (AvgIpc) is 2.55. The monoisotopic (exact) mass is 350 g/mol. The van der Waals surface area contributed by atoms with Crippen LogP contribution in [-0.4, -0.2) is 36.6 Å². The molecule has 2 aromatic carbocycles. The van der Waals surface area contributed by atoms with E-state index < -0.39 is 0 Å². The zero-order chi connectivity index (χ0) is 16.7. The fourth-order valence-corrected chi connectivity index (χ4v) is 2.25. The average molecular weight is 351 g/mol. The molecule has 0 radical (unpaired) electrons. The first-order valence-corrected chi connectivity index (χ1v) is 7.66. The number of non-ortho nitro benzene ring substituents is 1. The van der Waals surface area contributed by atoms with E-state index >= 15 is 0 Å². The number of para-hydroxylation sites is 1. The Hall–Kier alpha value is -2.11. The molecular weight excluding hydrogens is 328 g/mol. The second-order valence-corrected chi connectivity index (χ2v) is 5.59. The molecule has 0 saturated carbocycles. The van der Waals surface area contributed by atoms with Gasteiger partial charge in [-0.25, -0.2) is 0 Å². The second-order valence-electron chi connectivity index (χ2n) is 5.59. The maximum atomic E-state index is 10.6. The number of halogens is 1. The van der Waals surface area contributed by atoms with Crippen molar-refractivity contribution in [2.24, 2.45) is 0 Å². The summed E-state index contributed by atoms with van der Waals surface area (Å²) >= 11 is 0. The van der Waals surface area contributed by atoms with Crippen molar-refractivity contribution in [3.8, 4) is 5.75 Å². The van der Waals surface area contributed by atoms with Crippen LogP contribution in [0.1, 0.15) is 11.1 Å². The summed E-state index contributed by atoms with van der Waals surface area (Å²) in [6, 6.07) is 14.7. The molecule has 0 amide bonds. The van der Waals surface area contributed by atoms with Crippen LogP contribution in [-0.2, 0) is 6.42 Å². The van der Waals surface area contributed by atoms with Gasteiger partial charge in [-0.2, -0.15) is 0 Å². The van der Waals surface area contributed by atoms with Crippen molar-refractivity contribution in [3.05, 3.63) is 69.8 Å². The molecule has 0 spiro atoms. The number of benzene rings is 2. The Bertz CT molecular complexity index is 647. The summed E-state index contributed by atoms with van der Waals surface area (Å²) in [7, 11) is 2.05. The largest absolute Gasteiger partial charge is 0.492 e. The van der Waals surface area contributed by atoms with Crippen LogP contribution >= 0.6 is 12.4 Å². The number of nitro groups is 1. The lowest BCUT2D eigenvalue weighted by Crippen LogP contribution is -2.26. The van der Waals surface area contributed by atoms with Gasteiger partial charge in [-0.05, 0) is 37.6 Å². The quantitative estimate of drug-likeness (QED) is 0.535. The third-order valence-electron chi connectivity index (χ3n) is 3.75. The SMILES string of the molecule is Cc1ccccc1OCCN(C)CCc1ccc([N+](=O)[O-])cc1.Cl. The third-order valence-corrected chi connectivity index (χ3v) is 3.75. The molecule has 0 aliphatic carbocycles. The molecule has 0 bridgehead atoms. The minimum atomic E-state index is -0.376. The van der Waals surface area contributed by atoms with Crippen LogP contribution in [0.25, 0.3) is 0 Å². The number of nitro benzene ring substituents is 1. The fourth-order valence-electron chi connectivity index (χ4n) is 2.25. The summed E-state index contributed by atoms with van der Waals surface area (Å²) < 4.78 is 5.78. The lowest BCUT2D eigenvalue weighted by atomic mass is 10.1. The van der Waals surface area contributed by atoms with Crippen molar-refractivity contribution in [1.82, 2.24) is 4.90 Å². The molecule has 0 unspecified atom stereocenters. The highest BCUT2D eigenvalue weighted by atomic mass is 35.5. The van der Waals surface area contributed by atoms with Crippen LogP contribution in [0.5, 0.6) is 5.75 Å². The molecule has 130 valence electrons. The minimum absolute atomic E-state index is 0. The molecule has 2 aromatic rings. The highest BCUT2D eigenvalue weighted by Gasteiger charge is 2.05. The van der Waals surface area contributed by atoms with Crippen LogP contribution in [0.3, 0.4) is 0 Å². The summed E-state index contributed by atoms with van der Waals surface area (Å²) in [5.41, 5.74) is 2.37. The van der Waals surface area contributed by atoms with E-state index in [0.29, 0.717) is 6.61 Å².